The van der Waals surface area contributed by atoms with Gasteiger partial charge in [-0.15, -0.1) is 0 Å². The Morgan fingerprint density at radius 3 is 2.28 bits per heavy atom. The first-order valence-corrected chi connectivity index (χ1v) is 10.5. The molecule has 0 spiro atoms. The number of hydrogen-bond acceptors (Lipinski definition) is 4. The number of nitrogens with zero attached hydrogens (tertiary/aromatic N) is 4. The monoisotopic (exact) mass is 418 g/mol. The van der Waals surface area contributed by atoms with Crippen LogP contribution in [0, 0.1) is 18.3 Å². The molecule has 0 radical (unpaired) electrons. The standard InChI is InChI=1S/C27H22N4O/c1-17-30-25-15-29-24-13-6-19(18-4-11-22(32)12-5-18)14-23(24)26(25)31(17)21-9-7-20(8-10-21)27(2,3)16-28/h4-15,32H,1-3H3. The second kappa shape index (κ2) is 7.21. The molecule has 5 aromatic rings. The number of pyridine rings is 1. The van der Waals surface area contributed by atoms with Gasteiger partial charge in [0, 0.05) is 11.1 Å². The van der Waals surface area contributed by atoms with Crippen molar-refractivity contribution in [3.8, 4) is 28.6 Å². The average molecular weight is 419 g/mol. The SMILES string of the molecule is Cc1nc2cnc3ccc(-c4ccc(O)cc4)cc3c2n1-c1ccc(C(C)(C)C#N)cc1. The maximum atomic E-state index is 9.63. The number of aromatic nitrogens is 3. The van der Waals surface area contributed by atoms with E-state index in [0.29, 0.717) is 0 Å². The zero-order chi connectivity index (χ0) is 22.5. The van der Waals surface area contributed by atoms with Crippen LogP contribution in [0.1, 0.15) is 25.2 Å². The lowest BCUT2D eigenvalue weighted by molar-refractivity contribution is 0.475. The number of aryl methyl sites for hydroxylation is 1. The molecule has 0 aliphatic rings. The highest BCUT2D eigenvalue weighted by Crippen LogP contribution is 2.32. The molecule has 0 amide bonds. The summed E-state index contributed by atoms with van der Waals surface area (Å²) in [4.78, 5) is 9.37. The number of aromatic hydroxyl groups is 1. The highest BCUT2D eigenvalue weighted by Gasteiger charge is 2.20. The summed E-state index contributed by atoms with van der Waals surface area (Å²) in [5.41, 5.74) is 6.22. The van der Waals surface area contributed by atoms with Gasteiger partial charge in [0.2, 0.25) is 0 Å². The molecule has 0 aliphatic heterocycles. The fourth-order valence-electron chi connectivity index (χ4n) is 4.11. The third-order valence-corrected chi connectivity index (χ3v) is 5.98. The number of phenolic OH excluding ortho intramolecular Hbond substituents is 1. The number of nitriles is 1. The lowest BCUT2D eigenvalue weighted by Gasteiger charge is -2.17. The Bertz CT molecular complexity index is 1500. The molecule has 0 fully saturated rings. The largest absolute Gasteiger partial charge is 0.508 e. The van der Waals surface area contributed by atoms with Crippen LogP contribution in [-0.4, -0.2) is 19.6 Å². The zero-order valence-electron chi connectivity index (χ0n) is 18.2. The van der Waals surface area contributed by atoms with Crippen molar-refractivity contribution in [2.75, 3.05) is 0 Å². The molecule has 2 aromatic heterocycles. The van der Waals surface area contributed by atoms with Crippen molar-refractivity contribution in [3.05, 3.63) is 84.3 Å². The fraction of sp³-hybridized carbons (Fsp3) is 0.148. The van der Waals surface area contributed by atoms with Crippen molar-refractivity contribution >= 4 is 21.9 Å². The Morgan fingerprint density at radius 1 is 0.906 bits per heavy atom. The predicted molar refractivity (Wildman–Crippen MR) is 127 cm³/mol. The molecule has 5 rings (SSSR count). The summed E-state index contributed by atoms with van der Waals surface area (Å²) in [6, 6.07) is 23.8. The van der Waals surface area contributed by atoms with Crippen LogP contribution in [0.4, 0.5) is 0 Å². The van der Waals surface area contributed by atoms with Crippen molar-refractivity contribution in [2.24, 2.45) is 0 Å². The van der Waals surface area contributed by atoms with Gasteiger partial charge in [0.15, 0.2) is 0 Å². The van der Waals surface area contributed by atoms with Crippen LogP contribution in [0.25, 0.3) is 38.8 Å². The van der Waals surface area contributed by atoms with E-state index in [1.54, 1.807) is 12.1 Å². The van der Waals surface area contributed by atoms with Gasteiger partial charge >= 0.3 is 0 Å². The Hall–Kier alpha value is -4.17. The quantitative estimate of drug-likeness (QED) is 0.387. The van der Waals surface area contributed by atoms with Crippen LogP contribution in [0.3, 0.4) is 0 Å². The molecule has 5 nitrogen and oxygen atoms in total. The van der Waals surface area contributed by atoms with Gasteiger partial charge in [-0.1, -0.05) is 30.3 Å². The molecule has 2 heterocycles. The molecule has 5 heteroatoms. The second-order valence-corrected chi connectivity index (χ2v) is 8.55. The first kappa shape index (κ1) is 19.8. The summed E-state index contributed by atoms with van der Waals surface area (Å²) in [6.45, 7) is 5.83. The van der Waals surface area contributed by atoms with Crippen LogP contribution in [0.15, 0.2) is 72.9 Å². The van der Waals surface area contributed by atoms with Gasteiger partial charge in [-0.05, 0) is 73.9 Å². The highest BCUT2D eigenvalue weighted by atomic mass is 16.3. The maximum absolute atomic E-state index is 9.63. The normalized spacial score (nSPS) is 11.7. The number of imidazole rings is 1. The number of benzene rings is 3. The fourth-order valence-corrected chi connectivity index (χ4v) is 4.11. The highest BCUT2D eigenvalue weighted by molar-refractivity contribution is 6.04. The van der Waals surface area contributed by atoms with E-state index in [-0.39, 0.29) is 5.75 Å². The van der Waals surface area contributed by atoms with E-state index in [2.05, 4.69) is 21.7 Å². The lowest BCUT2D eigenvalue weighted by Crippen LogP contribution is -2.13. The predicted octanol–water partition coefficient (Wildman–Crippen LogP) is 6.06. The first-order valence-electron chi connectivity index (χ1n) is 10.5. The minimum absolute atomic E-state index is 0.246. The van der Waals surface area contributed by atoms with Crippen molar-refractivity contribution in [2.45, 2.75) is 26.2 Å². The van der Waals surface area contributed by atoms with Gasteiger partial charge in [0.1, 0.15) is 17.1 Å². The minimum atomic E-state index is -0.541. The third kappa shape index (κ3) is 3.17. The van der Waals surface area contributed by atoms with Crippen LogP contribution < -0.4 is 0 Å². The first-order chi connectivity index (χ1) is 15.4. The summed E-state index contributed by atoms with van der Waals surface area (Å²) >= 11 is 0. The summed E-state index contributed by atoms with van der Waals surface area (Å²) in [5.74, 6) is 1.12. The molecule has 1 N–H and O–H groups in total. The molecule has 0 unspecified atom stereocenters. The summed E-state index contributed by atoms with van der Waals surface area (Å²) in [6.07, 6.45) is 1.81. The van der Waals surface area contributed by atoms with Crippen LogP contribution in [0.5, 0.6) is 5.75 Å². The molecule has 156 valence electrons. The van der Waals surface area contributed by atoms with E-state index in [4.69, 9.17) is 4.98 Å². The topological polar surface area (TPSA) is 74.7 Å². The third-order valence-electron chi connectivity index (χ3n) is 5.98. The molecule has 0 aliphatic carbocycles. The lowest BCUT2D eigenvalue weighted by atomic mass is 9.86. The van der Waals surface area contributed by atoms with Gasteiger partial charge in [-0.2, -0.15) is 5.26 Å². The molecule has 0 saturated carbocycles. The molecule has 0 bridgehead atoms. The van der Waals surface area contributed by atoms with E-state index in [1.807, 2.05) is 75.5 Å². The Kier molecular flexibility index (Phi) is 4.45. The molecular formula is C27H22N4O. The molecular weight excluding hydrogens is 396 g/mol. The molecule has 0 saturated heterocycles. The van der Waals surface area contributed by atoms with Gasteiger partial charge in [0.25, 0.3) is 0 Å². The number of rotatable bonds is 3. The minimum Gasteiger partial charge on any atom is -0.508 e. The van der Waals surface area contributed by atoms with Gasteiger partial charge in [-0.25, -0.2) is 4.98 Å². The number of phenols is 1. The Balaban J connectivity index is 1.73. The second-order valence-electron chi connectivity index (χ2n) is 8.55. The van der Waals surface area contributed by atoms with Crippen molar-refractivity contribution in [1.82, 2.24) is 14.5 Å². The average Bonchev–Trinajstić information content (AvgIpc) is 3.15. The number of hydrogen-bond donors (Lipinski definition) is 1. The van der Waals surface area contributed by atoms with Crippen LogP contribution in [-0.2, 0) is 5.41 Å². The van der Waals surface area contributed by atoms with Crippen molar-refractivity contribution < 1.29 is 5.11 Å². The summed E-state index contributed by atoms with van der Waals surface area (Å²) in [5, 5.41) is 20.1. The molecule has 3 aromatic carbocycles. The van der Waals surface area contributed by atoms with E-state index in [9.17, 15) is 10.4 Å². The Labute approximate surface area is 186 Å². The summed E-state index contributed by atoms with van der Waals surface area (Å²) in [7, 11) is 0. The molecule has 0 atom stereocenters. The van der Waals surface area contributed by atoms with Crippen molar-refractivity contribution in [3.63, 3.8) is 0 Å². The zero-order valence-corrected chi connectivity index (χ0v) is 18.2. The smallest absolute Gasteiger partial charge is 0.115 e. The van der Waals surface area contributed by atoms with E-state index in [0.717, 1.165) is 50.1 Å². The number of fused-ring (bicyclic) bond motifs is 3. The van der Waals surface area contributed by atoms with Gasteiger partial charge < -0.3 is 5.11 Å². The summed E-state index contributed by atoms with van der Waals surface area (Å²) < 4.78 is 2.14. The molecule has 32 heavy (non-hydrogen) atoms. The van der Waals surface area contributed by atoms with Crippen LogP contribution >= 0.6 is 0 Å². The van der Waals surface area contributed by atoms with Crippen molar-refractivity contribution in [1.29, 1.82) is 5.26 Å². The van der Waals surface area contributed by atoms with Gasteiger partial charge in [0.05, 0.1) is 28.7 Å². The van der Waals surface area contributed by atoms with Gasteiger partial charge in [-0.3, -0.25) is 9.55 Å². The Morgan fingerprint density at radius 2 is 1.59 bits per heavy atom. The maximum Gasteiger partial charge on any atom is 0.115 e. The van der Waals surface area contributed by atoms with E-state index in [1.165, 1.54) is 0 Å². The van der Waals surface area contributed by atoms with Crippen LogP contribution in [0.2, 0.25) is 0 Å². The van der Waals surface area contributed by atoms with E-state index >= 15 is 0 Å². The van der Waals surface area contributed by atoms with E-state index < -0.39 is 5.41 Å².